The van der Waals surface area contributed by atoms with Gasteiger partial charge in [-0.25, -0.2) is 0 Å². The predicted octanol–water partition coefficient (Wildman–Crippen LogP) is 1.50. The maximum Gasteiger partial charge on any atom is 0.322 e. The lowest BCUT2D eigenvalue weighted by Crippen LogP contribution is -2.34. The Morgan fingerprint density at radius 2 is 2.05 bits per heavy atom. The van der Waals surface area contributed by atoms with Gasteiger partial charge in [0.2, 0.25) is 0 Å². The number of hydrogen-bond donors (Lipinski definition) is 1. The Morgan fingerprint density at radius 3 is 2.68 bits per heavy atom. The number of thiophene rings is 1. The van der Waals surface area contributed by atoms with Crippen molar-refractivity contribution in [3.63, 3.8) is 0 Å². The molecule has 1 N–H and O–H groups in total. The summed E-state index contributed by atoms with van der Waals surface area (Å²) < 4.78 is 9.52. The monoisotopic (exact) mass is 285 g/mol. The summed E-state index contributed by atoms with van der Waals surface area (Å²) in [7, 11) is 1.37. The van der Waals surface area contributed by atoms with Crippen LogP contribution in [-0.2, 0) is 32.0 Å². The lowest BCUT2D eigenvalue weighted by Gasteiger charge is -2.11. The average molecular weight is 285 g/mol. The minimum absolute atomic E-state index is 0.249. The van der Waals surface area contributed by atoms with E-state index in [-0.39, 0.29) is 24.4 Å². The lowest BCUT2D eigenvalue weighted by atomic mass is 10.3. The predicted molar refractivity (Wildman–Crippen MR) is 73.0 cm³/mol. The van der Waals surface area contributed by atoms with Crippen LogP contribution in [0.5, 0.6) is 0 Å². The van der Waals surface area contributed by atoms with E-state index < -0.39 is 0 Å². The first-order valence-corrected chi connectivity index (χ1v) is 6.92. The van der Waals surface area contributed by atoms with Crippen LogP contribution in [0.15, 0.2) is 12.1 Å². The molecule has 0 aliphatic heterocycles. The van der Waals surface area contributed by atoms with Crippen LogP contribution in [0.25, 0.3) is 0 Å². The van der Waals surface area contributed by atoms with E-state index in [1.54, 1.807) is 13.8 Å². The van der Waals surface area contributed by atoms with Crippen molar-refractivity contribution in [1.82, 2.24) is 5.32 Å². The molecule has 0 aliphatic carbocycles. The maximum atomic E-state index is 11.4. The Hall–Kier alpha value is -1.40. The average Bonchev–Trinajstić information content (AvgIpc) is 2.83. The largest absolute Gasteiger partial charge is 0.469 e. The molecule has 1 heterocycles. The topological polar surface area (TPSA) is 64.6 Å². The minimum atomic E-state index is -0.342. The third-order valence-electron chi connectivity index (χ3n) is 2.49. The second-order valence-corrected chi connectivity index (χ2v) is 5.23. The van der Waals surface area contributed by atoms with Gasteiger partial charge in [-0.15, -0.1) is 11.3 Å². The van der Waals surface area contributed by atoms with Crippen LogP contribution in [0.2, 0.25) is 0 Å². The number of esters is 2. The fourth-order valence-corrected chi connectivity index (χ4v) is 2.39. The molecule has 6 heteroatoms. The highest BCUT2D eigenvalue weighted by atomic mass is 32.1. The fourth-order valence-electron chi connectivity index (χ4n) is 1.43. The van der Waals surface area contributed by atoms with Crippen LogP contribution in [0.4, 0.5) is 0 Å². The van der Waals surface area contributed by atoms with Crippen LogP contribution >= 0.6 is 11.3 Å². The van der Waals surface area contributed by atoms with Gasteiger partial charge in [-0.1, -0.05) is 0 Å². The quantitative estimate of drug-likeness (QED) is 0.769. The summed E-state index contributed by atoms with van der Waals surface area (Å²) in [5, 5.41) is 3.08. The summed E-state index contributed by atoms with van der Waals surface area (Å²) in [5.74, 6) is -0.505. The normalized spacial score (nSPS) is 11.9. The number of ether oxygens (including phenoxy) is 2. The molecule has 0 radical (unpaired) electrons. The highest BCUT2D eigenvalue weighted by Gasteiger charge is 2.13. The SMILES string of the molecule is CCOC(=O)C(C)NCc1ccc(CC(=O)OC)s1. The number of methoxy groups -OCH3 is 1. The number of carbonyl (C=O) groups is 2. The second-order valence-electron chi connectivity index (χ2n) is 3.98. The molecular weight excluding hydrogens is 266 g/mol. The van der Waals surface area contributed by atoms with E-state index in [1.165, 1.54) is 18.4 Å². The molecule has 1 atom stereocenters. The maximum absolute atomic E-state index is 11.4. The lowest BCUT2D eigenvalue weighted by molar-refractivity contribution is -0.145. The van der Waals surface area contributed by atoms with E-state index in [0.29, 0.717) is 13.2 Å². The molecule has 0 saturated heterocycles. The Kier molecular flexibility index (Phi) is 6.52. The van der Waals surface area contributed by atoms with Crippen LogP contribution in [-0.4, -0.2) is 31.7 Å². The first kappa shape index (κ1) is 15.7. The number of carbonyl (C=O) groups excluding carboxylic acids is 2. The molecule has 0 aliphatic rings. The van der Waals surface area contributed by atoms with Crippen molar-refractivity contribution in [1.29, 1.82) is 0 Å². The summed E-state index contributed by atoms with van der Waals surface area (Å²) in [4.78, 5) is 24.6. The van der Waals surface area contributed by atoms with E-state index in [0.717, 1.165) is 9.75 Å². The summed E-state index contributed by atoms with van der Waals surface area (Å²) >= 11 is 1.53. The first-order chi connectivity index (χ1) is 9.06. The smallest absolute Gasteiger partial charge is 0.322 e. The molecule has 0 bridgehead atoms. The number of hydrogen-bond acceptors (Lipinski definition) is 6. The van der Waals surface area contributed by atoms with Crippen molar-refractivity contribution in [2.75, 3.05) is 13.7 Å². The molecular formula is C13H19NO4S. The third-order valence-corrected chi connectivity index (χ3v) is 3.57. The molecule has 1 aromatic heterocycles. The molecule has 0 spiro atoms. The molecule has 0 aromatic carbocycles. The highest BCUT2D eigenvalue weighted by molar-refractivity contribution is 7.12. The summed E-state index contributed by atoms with van der Waals surface area (Å²) in [5.41, 5.74) is 0. The van der Waals surface area contributed by atoms with E-state index >= 15 is 0 Å². The van der Waals surface area contributed by atoms with Gasteiger partial charge in [0.25, 0.3) is 0 Å². The Bertz CT molecular complexity index is 430. The summed E-state index contributed by atoms with van der Waals surface area (Å²) in [6.07, 6.45) is 0.286. The van der Waals surface area contributed by atoms with Crippen molar-refractivity contribution in [3.8, 4) is 0 Å². The Balaban J connectivity index is 2.41. The van der Waals surface area contributed by atoms with Gasteiger partial charge in [-0.3, -0.25) is 14.9 Å². The molecule has 0 saturated carbocycles. The van der Waals surface area contributed by atoms with E-state index in [1.807, 2.05) is 12.1 Å². The molecule has 106 valence electrons. The van der Waals surface area contributed by atoms with Crippen molar-refractivity contribution < 1.29 is 19.1 Å². The second kappa shape index (κ2) is 7.91. The van der Waals surface area contributed by atoms with Gasteiger partial charge in [-0.05, 0) is 26.0 Å². The van der Waals surface area contributed by atoms with Crippen LogP contribution < -0.4 is 5.32 Å². The van der Waals surface area contributed by atoms with Gasteiger partial charge in [0.05, 0.1) is 20.1 Å². The van der Waals surface area contributed by atoms with Crippen LogP contribution in [0.1, 0.15) is 23.6 Å². The van der Waals surface area contributed by atoms with Crippen molar-refractivity contribution >= 4 is 23.3 Å². The van der Waals surface area contributed by atoms with Crippen molar-refractivity contribution in [2.24, 2.45) is 0 Å². The summed E-state index contributed by atoms with van der Waals surface area (Å²) in [6.45, 7) is 4.50. The standard InChI is InChI=1S/C13H19NO4S/c1-4-18-13(16)9(2)14-8-11-6-5-10(19-11)7-12(15)17-3/h5-6,9,14H,4,7-8H2,1-3H3. The number of rotatable bonds is 7. The Morgan fingerprint density at radius 1 is 1.37 bits per heavy atom. The zero-order chi connectivity index (χ0) is 14.3. The molecule has 19 heavy (non-hydrogen) atoms. The van der Waals surface area contributed by atoms with Gasteiger partial charge in [0.15, 0.2) is 0 Å². The molecule has 0 amide bonds. The molecule has 5 nitrogen and oxygen atoms in total. The van der Waals surface area contributed by atoms with Crippen LogP contribution in [0.3, 0.4) is 0 Å². The highest BCUT2D eigenvalue weighted by Crippen LogP contribution is 2.17. The van der Waals surface area contributed by atoms with Gasteiger partial charge < -0.3 is 9.47 Å². The zero-order valence-electron chi connectivity index (χ0n) is 11.4. The van der Waals surface area contributed by atoms with Crippen molar-refractivity contribution in [2.45, 2.75) is 32.9 Å². The molecule has 1 unspecified atom stereocenters. The van der Waals surface area contributed by atoms with E-state index in [9.17, 15) is 9.59 Å². The first-order valence-electron chi connectivity index (χ1n) is 6.11. The van der Waals surface area contributed by atoms with Gasteiger partial charge in [0, 0.05) is 16.3 Å². The van der Waals surface area contributed by atoms with E-state index in [4.69, 9.17) is 4.74 Å². The van der Waals surface area contributed by atoms with Crippen molar-refractivity contribution in [3.05, 3.63) is 21.9 Å². The van der Waals surface area contributed by atoms with Gasteiger partial charge in [0.1, 0.15) is 6.04 Å². The van der Waals surface area contributed by atoms with Crippen LogP contribution in [0, 0.1) is 0 Å². The van der Waals surface area contributed by atoms with Gasteiger partial charge >= 0.3 is 11.9 Å². The summed E-state index contributed by atoms with van der Waals surface area (Å²) in [6, 6.07) is 3.49. The molecule has 0 fully saturated rings. The Labute approximate surface area is 116 Å². The zero-order valence-corrected chi connectivity index (χ0v) is 12.2. The van der Waals surface area contributed by atoms with E-state index in [2.05, 4.69) is 10.1 Å². The number of nitrogens with one attached hydrogen (secondary N) is 1. The molecule has 1 rings (SSSR count). The molecule has 1 aromatic rings. The van der Waals surface area contributed by atoms with Gasteiger partial charge in [-0.2, -0.15) is 0 Å². The minimum Gasteiger partial charge on any atom is -0.469 e. The third kappa shape index (κ3) is 5.40. The fraction of sp³-hybridized carbons (Fsp3) is 0.538.